The van der Waals surface area contributed by atoms with Crippen LogP contribution in [0.25, 0.3) is 61.3 Å². The molecule has 0 saturated heterocycles. The molecule has 0 aliphatic carbocycles. The van der Waals surface area contributed by atoms with Crippen LogP contribution in [0.4, 0.5) is 0 Å². The zero-order valence-corrected chi connectivity index (χ0v) is 23.6. The Balaban J connectivity index is 1.45. The molecule has 0 unspecified atom stereocenters. The van der Waals surface area contributed by atoms with E-state index >= 15 is 0 Å². The number of aromatic nitrogens is 2. The third-order valence-electron chi connectivity index (χ3n) is 8.11. The molecule has 0 N–H and O–H groups in total. The first kappa shape index (κ1) is 25.8. The quantitative estimate of drug-likeness (QED) is 0.200. The summed E-state index contributed by atoms with van der Waals surface area (Å²) >= 11 is 0. The van der Waals surface area contributed by atoms with Crippen molar-refractivity contribution in [1.29, 1.82) is 10.5 Å². The molecule has 2 aromatic heterocycles. The molecule has 2 heterocycles. The lowest BCUT2D eigenvalue weighted by atomic mass is 10.0. The molecule has 4 heteroatoms. The van der Waals surface area contributed by atoms with Crippen LogP contribution in [0.2, 0.25) is 0 Å². The number of nitriles is 2. The molecule has 0 saturated carbocycles. The largest absolute Gasteiger partial charge is 0.310 e. The molecular weight excluding hydrogens is 524 g/mol. The van der Waals surface area contributed by atoms with E-state index in [4.69, 9.17) is 0 Å². The van der Waals surface area contributed by atoms with E-state index in [1.807, 2.05) is 48.5 Å². The van der Waals surface area contributed by atoms with Crippen molar-refractivity contribution in [3.05, 3.63) is 150 Å². The number of rotatable bonds is 5. The van der Waals surface area contributed by atoms with Crippen LogP contribution in [0.5, 0.6) is 0 Å². The Hall–Kier alpha value is -6.10. The zero-order valence-electron chi connectivity index (χ0n) is 23.6. The lowest BCUT2D eigenvalue weighted by molar-refractivity contribution is 1.10. The van der Waals surface area contributed by atoms with E-state index in [1.165, 1.54) is 10.9 Å². The molecule has 43 heavy (non-hydrogen) atoms. The Morgan fingerprint density at radius 1 is 0.605 bits per heavy atom. The van der Waals surface area contributed by atoms with E-state index < -0.39 is 0 Å². The van der Waals surface area contributed by atoms with E-state index in [0.29, 0.717) is 11.1 Å². The molecule has 0 aliphatic heterocycles. The summed E-state index contributed by atoms with van der Waals surface area (Å²) in [6.07, 6.45) is 5.86. The molecule has 0 aliphatic rings. The van der Waals surface area contributed by atoms with Gasteiger partial charge >= 0.3 is 0 Å². The minimum atomic E-state index is 0.578. The number of hydrogen-bond acceptors (Lipinski definition) is 2. The molecule has 0 fully saturated rings. The smallest absolute Gasteiger partial charge is 0.0992 e. The van der Waals surface area contributed by atoms with Gasteiger partial charge in [-0.25, -0.2) is 0 Å². The van der Waals surface area contributed by atoms with Crippen LogP contribution in [0.3, 0.4) is 0 Å². The van der Waals surface area contributed by atoms with Crippen molar-refractivity contribution in [3.8, 4) is 34.6 Å². The van der Waals surface area contributed by atoms with Gasteiger partial charge in [-0.2, -0.15) is 10.5 Å². The van der Waals surface area contributed by atoms with Crippen molar-refractivity contribution in [2.75, 3.05) is 0 Å². The van der Waals surface area contributed by atoms with Gasteiger partial charge in [0.1, 0.15) is 0 Å². The van der Waals surface area contributed by atoms with Crippen LogP contribution in [0.15, 0.2) is 128 Å². The van der Waals surface area contributed by atoms with Gasteiger partial charge < -0.3 is 9.13 Å². The maximum absolute atomic E-state index is 10.1. The molecule has 0 spiro atoms. The van der Waals surface area contributed by atoms with Crippen LogP contribution >= 0.6 is 0 Å². The lowest BCUT2D eigenvalue weighted by Gasteiger charge is -2.14. The fraction of sp³-hybridized carbons (Fsp3) is 0.0256. The first-order chi connectivity index (χ1) is 21.1. The first-order valence-electron chi connectivity index (χ1n) is 14.1. The summed E-state index contributed by atoms with van der Waals surface area (Å²) in [7, 11) is 0. The molecule has 5 aromatic carbocycles. The standard InChI is InChI=1S/C39H26N4/c1-3-4-14-36-26(2)33-12-5-7-15-37(33)42(36)31-11-9-10-29(22-31)30-19-28(25-41)20-32(23-30)43-38-16-8-6-13-34(38)35-21-27(24-40)17-18-39(35)43/h3-23H,1H2,2H3/b14-4-. The van der Waals surface area contributed by atoms with Gasteiger partial charge in [-0.1, -0.05) is 67.3 Å². The number of fused-ring (bicyclic) bond motifs is 4. The molecule has 0 amide bonds. The van der Waals surface area contributed by atoms with Gasteiger partial charge in [0.25, 0.3) is 0 Å². The van der Waals surface area contributed by atoms with E-state index in [1.54, 1.807) is 6.08 Å². The van der Waals surface area contributed by atoms with Crippen molar-refractivity contribution in [2.24, 2.45) is 0 Å². The average Bonchev–Trinajstić information content (AvgIpc) is 3.54. The Morgan fingerprint density at radius 2 is 1.30 bits per heavy atom. The Kier molecular flexibility index (Phi) is 6.24. The van der Waals surface area contributed by atoms with E-state index in [0.717, 1.165) is 55.5 Å². The first-order valence-corrected chi connectivity index (χ1v) is 14.1. The molecule has 7 aromatic rings. The third kappa shape index (κ3) is 4.22. The van der Waals surface area contributed by atoms with Gasteiger partial charge in [0.05, 0.1) is 39.8 Å². The number of hydrogen-bond donors (Lipinski definition) is 0. The van der Waals surface area contributed by atoms with Gasteiger partial charge in [-0.15, -0.1) is 0 Å². The number of allylic oxidation sites excluding steroid dienone is 2. The topological polar surface area (TPSA) is 57.4 Å². The molecule has 4 nitrogen and oxygen atoms in total. The van der Waals surface area contributed by atoms with Crippen molar-refractivity contribution in [3.63, 3.8) is 0 Å². The summed E-state index contributed by atoms with van der Waals surface area (Å²) in [6, 6.07) is 41.5. The van der Waals surface area contributed by atoms with Crippen LogP contribution in [0, 0.1) is 29.6 Å². The molecule has 0 bridgehead atoms. The maximum atomic E-state index is 10.1. The summed E-state index contributed by atoms with van der Waals surface area (Å²) in [5, 5.41) is 22.9. The van der Waals surface area contributed by atoms with Crippen LogP contribution in [-0.4, -0.2) is 9.13 Å². The zero-order chi connectivity index (χ0) is 29.5. The highest BCUT2D eigenvalue weighted by molar-refractivity contribution is 6.09. The minimum absolute atomic E-state index is 0.578. The summed E-state index contributed by atoms with van der Waals surface area (Å²) in [6.45, 7) is 6.02. The summed E-state index contributed by atoms with van der Waals surface area (Å²) in [5.74, 6) is 0. The van der Waals surface area contributed by atoms with Gasteiger partial charge in [0.15, 0.2) is 0 Å². The van der Waals surface area contributed by atoms with Crippen molar-refractivity contribution >= 4 is 38.8 Å². The maximum Gasteiger partial charge on any atom is 0.0992 e. The van der Waals surface area contributed by atoms with Gasteiger partial charge in [0.2, 0.25) is 0 Å². The fourth-order valence-electron chi connectivity index (χ4n) is 6.17. The summed E-state index contributed by atoms with van der Waals surface area (Å²) in [4.78, 5) is 0. The van der Waals surface area contributed by atoms with Crippen LogP contribution in [0.1, 0.15) is 22.4 Å². The highest BCUT2D eigenvalue weighted by Gasteiger charge is 2.16. The van der Waals surface area contributed by atoms with Crippen LogP contribution < -0.4 is 0 Å². The fourth-order valence-corrected chi connectivity index (χ4v) is 6.17. The Bertz CT molecular complexity index is 2350. The van der Waals surface area contributed by atoms with Gasteiger partial charge in [-0.05, 0) is 90.4 Å². The van der Waals surface area contributed by atoms with Crippen molar-refractivity contribution in [2.45, 2.75) is 6.92 Å². The summed E-state index contributed by atoms with van der Waals surface area (Å²) in [5.41, 5.74) is 10.5. The normalized spacial score (nSPS) is 11.3. The molecular formula is C39H26N4. The molecule has 0 atom stereocenters. The van der Waals surface area contributed by atoms with Crippen molar-refractivity contribution in [1.82, 2.24) is 9.13 Å². The van der Waals surface area contributed by atoms with E-state index in [-0.39, 0.29) is 0 Å². The Labute approximate surface area is 249 Å². The number of benzene rings is 5. The Morgan fingerprint density at radius 3 is 2.07 bits per heavy atom. The van der Waals surface area contributed by atoms with Crippen LogP contribution in [-0.2, 0) is 0 Å². The second kappa shape index (κ2) is 10.4. The minimum Gasteiger partial charge on any atom is -0.310 e. The van der Waals surface area contributed by atoms with Gasteiger partial charge in [0, 0.05) is 33.2 Å². The second-order valence-corrected chi connectivity index (χ2v) is 10.6. The lowest BCUT2D eigenvalue weighted by Crippen LogP contribution is -1.98. The van der Waals surface area contributed by atoms with E-state index in [9.17, 15) is 10.5 Å². The molecule has 0 radical (unpaired) electrons. The predicted molar refractivity (Wildman–Crippen MR) is 176 cm³/mol. The monoisotopic (exact) mass is 550 g/mol. The number of para-hydroxylation sites is 2. The van der Waals surface area contributed by atoms with Gasteiger partial charge in [-0.3, -0.25) is 0 Å². The molecule has 202 valence electrons. The highest BCUT2D eigenvalue weighted by Crippen LogP contribution is 2.36. The number of aryl methyl sites for hydroxylation is 1. The molecule has 7 rings (SSSR count). The average molecular weight is 551 g/mol. The SMILES string of the molecule is C=C/C=C\c1c(C)c2ccccc2n1-c1cccc(-c2cc(C#N)cc(-n3c4ccccc4c4cc(C#N)ccc43)c2)c1. The predicted octanol–water partition coefficient (Wildman–Crippen LogP) is 9.65. The number of nitrogens with zero attached hydrogens (tertiary/aromatic N) is 4. The summed E-state index contributed by atoms with van der Waals surface area (Å²) < 4.78 is 4.46. The van der Waals surface area contributed by atoms with E-state index in [2.05, 4.69) is 108 Å². The highest BCUT2D eigenvalue weighted by atomic mass is 15.0. The third-order valence-corrected chi connectivity index (χ3v) is 8.11. The second-order valence-electron chi connectivity index (χ2n) is 10.6. The van der Waals surface area contributed by atoms with Crippen molar-refractivity contribution < 1.29 is 0 Å².